The largest absolute Gasteiger partial charge is 0.487 e. The Hall–Kier alpha value is -4.46. The van der Waals surface area contributed by atoms with E-state index < -0.39 is 5.97 Å². The van der Waals surface area contributed by atoms with E-state index in [-0.39, 0.29) is 19.4 Å². The zero-order chi connectivity index (χ0) is 24.5. The lowest BCUT2D eigenvalue weighted by atomic mass is 10.1. The molecule has 0 bridgehead atoms. The van der Waals surface area contributed by atoms with Crippen LogP contribution in [0.2, 0.25) is 0 Å². The van der Waals surface area contributed by atoms with E-state index in [4.69, 9.17) is 19.1 Å². The van der Waals surface area contributed by atoms with E-state index in [1.165, 1.54) is 0 Å². The third kappa shape index (κ3) is 6.77. The average molecular weight is 472 g/mol. The molecule has 0 unspecified atom stereocenters. The molecule has 2 heterocycles. The molecule has 2 aromatic heterocycles. The first kappa shape index (κ1) is 23.7. The molecule has 4 aromatic rings. The second-order valence-electron chi connectivity index (χ2n) is 7.77. The molecule has 0 spiro atoms. The first-order chi connectivity index (χ1) is 17.1. The van der Waals surface area contributed by atoms with Crippen LogP contribution in [0.5, 0.6) is 5.75 Å². The minimum Gasteiger partial charge on any atom is -0.487 e. The SMILES string of the molecule is Cc1oc(-c2ccccc2)nc1COc1ccc(CON=C(CCC(=O)O)c2cccnc2)cc1. The Bertz CT molecular complexity index is 1270. The van der Waals surface area contributed by atoms with Crippen molar-refractivity contribution in [2.45, 2.75) is 33.0 Å². The highest BCUT2D eigenvalue weighted by Crippen LogP contribution is 2.23. The smallest absolute Gasteiger partial charge is 0.303 e. The van der Waals surface area contributed by atoms with E-state index in [1.54, 1.807) is 18.5 Å². The van der Waals surface area contributed by atoms with Gasteiger partial charge < -0.3 is 19.1 Å². The molecule has 0 amide bonds. The third-order valence-corrected chi connectivity index (χ3v) is 5.19. The van der Waals surface area contributed by atoms with Gasteiger partial charge in [-0.3, -0.25) is 9.78 Å². The van der Waals surface area contributed by atoms with Crippen molar-refractivity contribution < 1.29 is 23.9 Å². The van der Waals surface area contributed by atoms with Crippen molar-refractivity contribution in [2.24, 2.45) is 5.16 Å². The number of carboxylic acid groups (broad SMARTS) is 1. The van der Waals surface area contributed by atoms with Crippen LogP contribution in [0.25, 0.3) is 11.5 Å². The number of carbonyl (C=O) groups is 1. The van der Waals surface area contributed by atoms with Crippen LogP contribution in [0.15, 0.2) is 88.7 Å². The molecule has 0 aliphatic rings. The van der Waals surface area contributed by atoms with E-state index in [0.717, 1.165) is 28.1 Å². The highest BCUT2D eigenvalue weighted by atomic mass is 16.6. The fourth-order valence-corrected chi connectivity index (χ4v) is 3.29. The number of oxazole rings is 1. The highest BCUT2D eigenvalue weighted by Gasteiger charge is 2.12. The van der Waals surface area contributed by atoms with Gasteiger partial charge in [0, 0.05) is 29.9 Å². The number of nitrogens with zero attached hydrogens (tertiary/aromatic N) is 3. The summed E-state index contributed by atoms with van der Waals surface area (Å²) in [6.45, 7) is 2.40. The summed E-state index contributed by atoms with van der Waals surface area (Å²) in [6.07, 6.45) is 3.49. The molecule has 1 N–H and O–H groups in total. The maximum atomic E-state index is 11.0. The van der Waals surface area contributed by atoms with Crippen molar-refractivity contribution in [3.05, 3.63) is 102 Å². The quantitative estimate of drug-likeness (QED) is 0.230. The van der Waals surface area contributed by atoms with E-state index in [0.29, 0.717) is 24.0 Å². The average Bonchev–Trinajstić information content (AvgIpc) is 3.27. The molecular formula is C27H25N3O5. The first-order valence-electron chi connectivity index (χ1n) is 11.1. The van der Waals surface area contributed by atoms with Gasteiger partial charge in [-0.25, -0.2) is 4.98 Å². The number of benzene rings is 2. The van der Waals surface area contributed by atoms with Crippen LogP contribution in [0.4, 0.5) is 0 Å². The first-order valence-corrected chi connectivity index (χ1v) is 11.1. The number of rotatable bonds is 11. The van der Waals surface area contributed by atoms with Crippen molar-refractivity contribution in [2.75, 3.05) is 0 Å². The van der Waals surface area contributed by atoms with Crippen LogP contribution in [0.1, 0.15) is 35.4 Å². The van der Waals surface area contributed by atoms with Crippen LogP contribution in [0.3, 0.4) is 0 Å². The minimum absolute atomic E-state index is 0.0407. The maximum absolute atomic E-state index is 11.0. The molecule has 178 valence electrons. The van der Waals surface area contributed by atoms with Gasteiger partial charge in [0.25, 0.3) is 0 Å². The zero-order valence-electron chi connectivity index (χ0n) is 19.3. The van der Waals surface area contributed by atoms with Gasteiger partial charge in [-0.15, -0.1) is 0 Å². The molecule has 35 heavy (non-hydrogen) atoms. The van der Waals surface area contributed by atoms with E-state index in [1.807, 2.05) is 67.6 Å². The fraction of sp³-hybridized carbons (Fsp3) is 0.185. The molecule has 0 saturated heterocycles. The summed E-state index contributed by atoms with van der Waals surface area (Å²) in [7, 11) is 0. The predicted octanol–water partition coefficient (Wildman–Crippen LogP) is 5.41. The molecular weight excluding hydrogens is 446 g/mol. The summed E-state index contributed by atoms with van der Waals surface area (Å²) in [6, 6.07) is 20.8. The topological polar surface area (TPSA) is 107 Å². The van der Waals surface area contributed by atoms with Gasteiger partial charge in [0.05, 0.1) is 12.1 Å². The highest BCUT2D eigenvalue weighted by molar-refractivity contribution is 6.01. The number of aliphatic carboxylic acids is 1. The molecule has 2 aromatic carbocycles. The van der Waals surface area contributed by atoms with Crippen molar-refractivity contribution in [3.8, 4) is 17.2 Å². The van der Waals surface area contributed by atoms with E-state index in [9.17, 15) is 4.79 Å². The van der Waals surface area contributed by atoms with Gasteiger partial charge in [-0.1, -0.05) is 35.5 Å². The Morgan fingerprint density at radius 3 is 2.51 bits per heavy atom. The van der Waals surface area contributed by atoms with E-state index >= 15 is 0 Å². The van der Waals surface area contributed by atoms with Gasteiger partial charge >= 0.3 is 5.97 Å². The summed E-state index contributed by atoms with van der Waals surface area (Å²) in [5.74, 6) is 1.09. The lowest BCUT2D eigenvalue weighted by molar-refractivity contribution is -0.136. The number of pyridine rings is 1. The number of aryl methyl sites for hydroxylation is 1. The number of ether oxygens (including phenoxy) is 1. The standard InChI is InChI=1S/C27H25N3O5/c1-19-25(29-27(35-19)21-6-3-2-4-7-21)18-33-23-11-9-20(10-12-23)17-34-30-24(13-14-26(31)32)22-8-5-15-28-16-22/h2-12,15-16H,13-14,17-18H2,1H3,(H,31,32). The second kappa shape index (κ2) is 11.6. The number of aromatic nitrogens is 2. The Kier molecular flexibility index (Phi) is 7.85. The summed E-state index contributed by atoms with van der Waals surface area (Å²) < 4.78 is 11.7. The molecule has 0 radical (unpaired) electrons. The maximum Gasteiger partial charge on any atom is 0.303 e. The van der Waals surface area contributed by atoms with Gasteiger partial charge in [-0.05, 0) is 48.9 Å². The van der Waals surface area contributed by atoms with E-state index in [2.05, 4.69) is 15.1 Å². The van der Waals surface area contributed by atoms with Gasteiger partial charge in [0.2, 0.25) is 5.89 Å². The molecule has 0 aliphatic carbocycles. The fourth-order valence-electron chi connectivity index (χ4n) is 3.29. The summed E-state index contributed by atoms with van der Waals surface area (Å²) in [5, 5.41) is 13.2. The summed E-state index contributed by atoms with van der Waals surface area (Å²) in [5.41, 5.74) is 3.83. The van der Waals surface area contributed by atoms with Crippen LogP contribution < -0.4 is 4.74 Å². The lowest BCUT2D eigenvalue weighted by Gasteiger charge is -2.07. The van der Waals surface area contributed by atoms with Crippen molar-refractivity contribution in [1.29, 1.82) is 0 Å². The predicted molar refractivity (Wildman–Crippen MR) is 130 cm³/mol. The third-order valence-electron chi connectivity index (χ3n) is 5.19. The lowest BCUT2D eigenvalue weighted by Crippen LogP contribution is -2.06. The van der Waals surface area contributed by atoms with Gasteiger partial charge in [0.1, 0.15) is 30.4 Å². The molecule has 8 nitrogen and oxygen atoms in total. The summed E-state index contributed by atoms with van der Waals surface area (Å²) >= 11 is 0. The Morgan fingerprint density at radius 1 is 1.00 bits per heavy atom. The summed E-state index contributed by atoms with van der Waals surface area (Å²) in [4.78, 5) is 25.1. The van der Waals surface area contributed by atoms with Crippen LogP contribution in [-0.4, -0.2) is 26.8 Å². The van der Waals surface area contributed by atoms with Crippen LogP contribution in [-0.2, 0) is 22.8 Å². The Labute approximate surface area is 202 Å². The van der Waals surface area contributed by atoms with Crippen LogP contribution >= 0.6 is 0 Å². The normalized spacial score (nSPS) is 11.3. The molecule has 0 fully saturated rings. The molecule has 0 aliphatic heterocycles. The van der Waals surface area contributed by atoms with Crippen molar-refractivity contribution in [3.63, 3.8) is 0 Å². The Balaban J connectivity index is 1.32. The van der Waals surface area contributed by atoms with Crippen LogP contribution in [0, 0.1) is 6.92 Å². The second-order valence-corrected chi connectivity index (χ2v) is 7.77. The number of carboxylic acids is 1. The zero-order valence-corrected chi connectivity index (χ0v) is 19.3. The number of hydrogen-bond donors (Lipinski definition) is 1. The molecule has 0 atom stereocenters. The molecule has 0 saturated carbocycles. The van der Waals surface area contributed by atoms with Gasteiger partial charge in [-0.2, -0.15) is 0 Å². The van der Waals surface area contributed by atoms with Crippen molar-refractivity contribution >= 4 is 11.7 Å². The monoisotopic (exact) mass is 471 g/mol. The Morgan fingerprint density at radius 2 is 1.80 bits per heavy atom. The van der Waals surface area contributed by atoms with Gasteiger partial charge in [0.15, 0.2) is 0 Å². The minimum atomic E-state index is -0.894. The molecule has 8 heteroatoms. The van der Waals surface area contributed by atoms with Crippen molar-refractivity contribution in [1.82, 2.24) is 9.97 Å². The number of oxime groups is 1. The molecule has 4 rings (SSSR count). The number of hydrogen-bond acceptors (Lipinski definition) is 7.